The average Bonchev–Trinajstić information content (AvgIpc) is 3.23. The van der Waals surface area contributed by atoms with Crippen LogP contribution in [0.2, 0.25) is 0 Å². The first-order valence-electron chi connectivity index (χ1n) is 9.04. The molecule has 32 heavy (non-hydrogen) atoms. The van der Waals surface area contributed by atoms with Crippen LogP contribution in [0.15, 0.2) is 35.7 Å². The molecule has 3 aromatic rings. The van der Waals surface area contributed by atoms with Crippen molar-refractivity contribution >= 4 is 28.1 Å². The molecule has 1 amide bonds. The van der Waals surface area contributed by atoms with Crippen LogP contribution in [0.25, 0.3) is 11.3 Å². The molecule has 0 aliphatic carbocycles. The number of benzene rings is 2. The second kappa shape index (κ2) is 10.1. The third-order valence-electron chi connectivity index (χ3n) is 4.20. The number of halogens is 2. The normalized spacial score (nSPS) is 10.6. The molecule has 0 unspecified atom stereocenters. The van der Waals surface area contributed by atoms with E-state index in [9.17, 15) is 23.7 Å². The molecular formula is C20H17F2N3O6S. The van der Waals surface area contributed by atoms with Gasteiger partial charge in [-0.3, -0.25) is 20.2 Å². The fraction of sp³-hybridized carbons (Fsp3) is 0.200. The minimum Gasteiger partial charge on any atom is -0.493 e. The van der Waals surface area contributed by atoms with Crippen molar-refractivity contribution in [2.45, 2.75) is 0 Å². The van der Waals surface area contributed by atoms with Gasteiger partial charge >= 0.3 is 0 Å². The minimum atomic E-state index is -0.834. The van der Waals surface area contributed by atoms with E-state index >= 15 is 0 Å². The zero-order valence-corrected chi connectivity index (χ0v) is 17.7. The van der Waals surface area contributed by atoms with Crippen LogP contribution in [0.3, 0.4) is 0 Å². The van der Waals surface area contributed by atoms with Crippen molar-refractivity contribution in [3.05, 3.63) is 63.0 Å². The van der Waals surface area contributed by atoms with E-state index in [1.807, 2.05) is 0 Å². The van der Waals surface area contributed by atoms with Gasteiger partial charge in [-0.25, -0.2) is 13.8 Å². The molecule has 0 atom stereocenters. The lowest BCUT2D eigenvalue weighted by Crippen LogP contribution is -2.15. The number of nitro benzene ring substituents is 1. The van der Waals surface area contributed by atoms with E-state index in [2.05, 4.69) is 10.3 Å². The largest absolute Gasteiger partial charge is 0.493 e. The van der Waals surface area contributed by atoms with Gasteiger partial charge in [0.2, 0.25) is 0 Å². The van der Waals surface area contributed by atoms with Crippen LogP contribution in [0, 0.1) is 21.7 Å². The topological polar surface area (TPSA) is 113 Å². The van der Waals surface area contributed by atoms with E-state index in [0.717, 1.165) is 35.6 Å². The van der Waals surface area contributed by atoms with Gasteiger partial charge in [0.1, 0.15) is 23.8 Å². The fourth-order valence-corrected chi connectivity index (χ4v) is 3.41. The molecular weight excluding hydrogens is 448 g/mol. The Labute approximate surface area is 184 Å². The van der Waals surface area contributed by atoms with Crippen molar-refractivity contribution in [2.24, 2.45) is 0 Å². The number of thiazole rings is 1. The van der Waals surface area contributed by atoms with Crippen LogP contribution < -0.4 is 14.8 Å². The van der Waals surface area contributed by atoms with Crippen LogP contribution in [-0.4, -0.2) is 43.2 Å². The summed E-state index contributed by atoms with van der Waals surface area (Å²) in [5, 5.41) is 15.4. The van der Waals surface area contributed by atoms with E-state index < -0.39 is 28.2 Å². The van der Waals surface area contributed by atoms with E-state index in [0.29, 0.717) is 0 Å². The number of methoxy groups -OCH3 is 2. The molecule has 1 aromatic heterocycles. The van der Waals surface area contributed by atoms with Crippen molar-refractivity contribution in [1.29, 1.82) is 0 Å². The highest BCUT2D eigenvalue weighted by molar-refractivity contribution is 7.14. The summed E-state index contributed by atoms with van der Waals surface area (Å²) in [6, 6.07) is 5.18. The van der Waals surface area contributed by atoms with E-state index in [4.69, 9.17) is 14.2 Å². The minimum absolute atomic E-state index is 0.0438. The Hall–Kier alpha value is -3.64. The Balaban J connectivity index is 1.88. The molecule has 0 bridgehead atoms. The maximum Gasteiger partial charge on any atom is 0.286 e. The molecule has 168 valence electrons. The molecule has 0 aliphatic heterocycles. The number of nitrogens with one attached hydrogen (secondary N) is 1. The number of aromatic nitrogens is 1. The zero-order valence-electron chi connectivity index (χ0n) is 16.9. The van der Waals surface area contributed by atoms with Gasteiger partial charge in [-0.1, -0.05) is 0 Å². The van der Waals surface area contributed by atoms with Gasteiger partial charge in [0.05, 0.1) is 30.4 Å². The third kappa shape index (κ3) is 5.15. The quantitative estimate of drug-likeness (QED) is 0.285. The average molecular weight is 465 g/mol. The van der Waals surface area contributed by atoms with Gasteiger partial charge in [0.25, 0.3) is 11.6 Å². The van der Waals surface area contributed by atoms with Crippen molar-refractivity contribution in [3.63, 3.8) is 0 Å². The predicted octanol–water partition coefficient (Wildman–Crippen LogP) is 4.28. The lowest BCUT2D eigenvalue weighted by atomic mass is 10.1. The van der Waals surface area contributed by atoms with Gasteiger partial charge in [0, 0.05) is 24.1 Å². The Bertz CT molecular complexity index is 1150. The number of rotatable bonds is 9. The number of carbonyl (C=O) groups excluding carboxylic acids is 1. The molecule has 12 heteroatoms. The number of ether oxygens (including phenoxy) is 3. The first-order valence-corrected chi connectivity index (χ1v) is 9.92. The Kier molecular flexibility index (Phi) is 7.28. The van der Waals surface area contributed by atoms with Gasteiger partial charge < -0.3 is 14.2 Å². The second-order valence-electron chi connectivity index (χ2n) is 6.23. The van der Waals surface area contributed by atoms with Crippen molar-refractivity contribution in [2.75, 3.05) is 32.8 Å². The van der Waals surface area contributed by atoms with Crippen LogP contribution in [0.1, 0.15) is 10.4 Å². The van der Waals surface area contributed by atoms with Crippen LogP contribution in [-0.2, 0) is 4.74 Å². The first-order chi connectivity index (χ1) is 15.3. The Morgan fingerprint density at radius 2 is 1.97 bits per heavy atom. The third-order valence-corrected chi connectivity index (χ3v) is 4.96. The summed E-state index contributed by atoms with van der Waals surface area (Å²) in [5.74, 6) is -1.97. The zero-order chi connectivity index (χ0) is 23.3. The van der Waals surface area contributed by atoms with Crippen molar-refractivity contribution in [1.82, 2.24) is 4.98 Å². The summed E-state index contributed by atoms with van der Waals surface area (Å²) < 4.78 is 42.9. The SMILES string of the molecule is COCCOc1cc([N+](=O)[O-])c(C(=O)Nc2nc(-c3cc(F)ccc3F)cs2)cc1OC. The molecule has 9 nitrogen and oxygen atoms in total. The van der Waals surface area contributed by atoms with Crippen LogP contribution >= 0.6 is 11.3 Å². The highest BCUT2D eigenvalue weighted by Gasteiger charge is 2.25. The molecule has 0 fully saturated rings. The monoisotopic (exact) mass is 465 g/mol. The van der Waals surface area contributed by atoms with E-state index in [1.165, 1.54) is 25.7 Å². The lowest BCUT2D eigenvalue weighted by Gasteiger charge is -2.12. The van der Waals surface area contributed by atoms with Gasteiger partial charge in [-0.05, 0) is 18.2 Å². The number of anilines is 1. The second-order valence-corrected chi connectivity index (χ2v) is 7.09. The molecule has 0 radical (unpaired) electrons. The molecule has 0 aliphatic rings. The number of hydrogen-bond donors (Lipinski definition) is 1. The molecule has 0 spiro atoms. The van der Waals surface area contributed by atoms with Gasteiger partial charge in [-0.2, -0.15) is 0 Å². The van der Waals surface area contributed by atoms with Crippen LogP contribution in [0.5, 0.6) is 11.5 Å². The first kappa shape index (κ1) is 23.0. The fourth-order valence-electron chi connectivity index (χ4n) is 2.70. The molecule has 3 rings (SSSR count). The van der Waals surface area contributed by atoms with Gasteiger partial charge in [-0.15, -0.1) is 11.3 Å². The summed E-state index contributed by atoms with van der Waals surface area (Å²) >= 11 is 0.951. The summed E-state index contributed by atoms with van der Waals surface area (Å²) in [6.45, 7) is 0.367. The van der Waals surface area contributed by atoms with E-state index in [1.54, 1.807) is 0 Å². The maximum absolute atomic E-state index is 14.0. The highest BCUT2D eigenvalue weighted by atomic mass is 32.1. The summed E-state index contributed by atoms with van der Waals surface area (Å²) in [6.07, 6.45) is 0. The Morgan fingerprint density at radius 3 is 2.66 bits per heavy atom. The van der Waals surface area contributed by atoms with Gasteiger partial charge in [0.15, 0.2) is 16.6 Å². The number of carbonyl (C=O) groups is 1. The Morgan fingerprint density at radius 1 is 1.19 bits per heavy atom. The lowest BCUT2D eigenvalue weighted by molar-refractivity contribution is -0.385. The molecule has 0 saturated heterocycles. The maximum atomic E-state index is 14.0. The van der Waals surface area contributed by atoms with E-state index in [-0.39, 0.29) is 46.7 Å². The smallest absolute Gasteiger partial charge is 0.286 e. The summed E-state index contributed by atoms with van der Waals surface area (Å²) in [4.78, 5) is 27.6. The molecule has 1 N–H and O–H groups in total. The van der Waals surface area contributed by atoms with Crippen molar-refractivity contribution in [3.8, 4) is 22.8 Å². The summed E-state index contributed by atoms with van der Waals surface area (Å²) in [7, 11) is 2.80. The standard InChI is InChI=1S/C20H17F2N3O6S/c1-29-5-6-31-18-9-16(25(27)28)13(8-17(18)30-2)19(26)24-20-23-15(10-32-20)12-7-11(21)3-4-14(12)22/h3-4,7-10H,5-6H2,1-2H3,(H,23,24,26). The predicted molar refractivity (Wildman–Crippen MR) is 112 cm³/mol. The summed E-state index contributed by atoms with van der Waals surface area (Å²) in [5.41, 5.74) is -0.772. The van der Waals surface area contributed by atoms with Crippen molar-refractivity contribution < 1.29 is 32.7 Å². The number of hydrogen-bond acceptors (Lipinski definition) is 8. The molecule has 0 saturated carbocycles. The number of nitrogens with zero attached hydrogens (tertiary/aromatic N) is 2. The highest BCUT2D eigenvalue weighted by Crippen LogP contribution is 2.35. The van der Waals surface area contributed by atoms with Crippen LogP contribution in [0.4, 0.5) is 19.6 Å². The number of amides is 1. The molecule has 2 aromatic carbocycles. The molecule has 1 heterocycles. The number of nitro groups is 1.